The molecule has 0 saturated carbocycles. The van der Waals surface area contributed by atoms with Crippen molar-refractivity contribution in [3.8, 4) is 5.75 Å². The van der Waals surface area contributed by atoms with Crippen LogP contribution >= 0.6 is 23.1 Å². The third-order valence-corrected chi connectivity index (χ3v) is 6.56. The van der Waals surface area contributed by atoms with Gasteiger partial charge in [-0.1, -0.05) is 69.4 Å². The van der Waals surface area contributed by atoms with Crippen molar-refractivity contribution < 1.29 is 4.74 Å². The van der Waals surface area contributed by atoms with Crippen LogP contribution < -0.4 is 10.1 Å². The molecule has 4 nitrogen and oxygen atoms in total. The molecule has 0 amide bonds. The van der Waals surface area contributed by atoms with Crippen molar-refractivity contribution in [1.29, 1.82) is 0 Å². The van der Waals surface area contributed by atoms with Gasteiger partial charge in [0.15, 0.2) is 5.13 Å². The van der Waals surface area contributed by atoms with E-state index in [1.54, 1.807) is 23.1 Å². The number of anilines is 2. The Morgan fingerprint density at radius 2 is 1.76 bits per heavy atom. The number of hydrogen-bond acceptors (Lipinski definition) is 6. The number of thiazole rings is 1. The predicted octanol–water partition coefficient (Wildman–Crippen LogP) is 8.80. The Kier molecular flexibility index (Phi) is 11.2. The third kappa shape index (κ3) is 8.65. The Bertz CT molecular complexity index is 1040. The van der Waals surface area contributed by atoms with E-state index in [1.807, 2.05) is 66.4 Å². The lowest BCUT2D eigenvalue weighted by molar-refractivity contribution is 0.304. The van der Waals surface area contributed by atoms with Gasteiger partial charge >= 0.3 is 0 Å². The Morgan fingerprint density at radius 1 is 1.03 bits per heavy atom. The van der Waals surface area contributed by atoms with Crippen LogP contribution in [0.5, 0.6) is 5.75 Å². The summed E-state index contributed by atoms with van der Waals surface area (Å²) in [7, 11) is 0. The predicted molar refractivity (Wildman–Crippen MR) is 151 cm³/mol. The molecule has 1 aromatic heterocycles. The van der Waals surface area contributed by atoms with Gasteiger partial charge < -0.3 is 10.1 Å². The second kappa shape index (κ2) is 14.6. The number of thioether (sulfide) groups is 1. The Balaban J connectivity index is 1.54. The van der Waals surface area contributed by atoms with E-state index < -0.39 is 0 Å². The summed E-state index contributed by atoms with van der Waals surface area (Å²) in [5.74, 6) is 0.912. The molecule has 0 aliphatic heterocycles. The number of aromatic nitrogens is 1. The molecule has 1 heterocycles. The van der Waals surface area contributed by atoms with Gasteiger partial charge in [-0.15, -0.1) is 23.1 Å². The molecular weight excluding hydrogens is 458 g/mol. The zero-order chi connectivity index (χ0) is 24.0. The Morgan fingerprint density at radius 3 is 2.50 bits per heavy atom. The van der Waals surface area contributed by atoms with Crippen LogP contribution in [0, 0.1) is 0 Å². The second-order valence-corrected chi connectivity index (χ2v) is 9.67. The molecule has 180 valence electrons. The molecule has 0 aliphatic carbocycles. The number of unbranched alkanes of at least 4 members (excludes halogenated alkanes) is 5. The fourth-order valence-corrected chi connectivity index (χ4v) is 4.58. The summed E-state index contributed by atoms with van der Waals surface area (Å²) in [6.45, 7) is 5.06. The van der Waals surface area contributed by atoms with E-state index in [0.717, 1.165) is 52.3 Å². The highest BCUT2D eigenvalue weighted by Crippen LogP contribution is 2.28. The van der Waals surface area contributed by atoms with E-state index >= 15 is 0 Å². The number of ether oxygens (including phenoxy) is 1. The lowest BCUT2D eigenvalue weighted by atomic mass is 10.1. The number of hydrogen-bond donors (Lipinski definition) is 1. The van der Waals surface area contributed by atoms with Crippen molar-refractivity contribution in [3.63, 3.8) is 0 Å². The van der Waals surface area contributed by atoms with Crippen molar-refractivity contribution in [2.24, 2.45) is 4.99 Å². The fourth-order valence-electron chi connectivity index (χ4n) is 3.46. The molecule has 1 N–H and O–H groups in total. The molecule has 0 bridgehead atoms. The minimum absolute atomic E-state index is 0.780. The molecule has 0 fully saturated rings. The zero-order valence-electron chi connectivity index (χ0n) is 20.4. The average molecular weight is 494 g/mol. The summed E-state index contributed by atoms with van der Waals surface area (Å²) >= 11 is 3.21. The van der Waals surface area contributed by atoms with Gasteiger partial charge in [-0.3, -0.25) is 4.99 Å². The molecule has 0 radical (unpaired) electrons. The van der Waals surface area contributed by atoms with Gasteiger partial charge in [0, 0.05) is 16.8 Å². The molecule has 0 aliphatic rings. The van der Waals surface area contributed by atoms with Crippen LogP contribution in [-0.4, -0.2) is 23.6 Å². The van der Waals surface area contributed by atoms with Crippen LogP contribution in [0.15, 0.2) is 70.4 Å². The van der Waals surface area contributed by atoms with E-state index in [0.29, 0.717) is 0 Å². The topological polar surface area (TPSA) is 46.5 Å². The molecule has 2 aromatic carbocycles. The third-order valence-electron chi connectivity index (χ3n) is 5.35. The quantitative estimate of drug-likeness (QED) is 0.180. The highest BCUT2D eigenvalue weighted by molar-refractivity contribution is 8.01. The van der Waals surface area contributed by atoms with Crippen LogP contribution in [-0.2, 0) is 0 Å². The SMILES string of the molecule is CCCCCCCCOc1ccc(Nc2nc(/C(=C/SC)N=C(C)c3ccccc3)cs2)cc1. The van der Waals surface area contributed by atoms with Crippen molar-refractivity contribution in [2.75, 3.05) is 18.2 Å². The molecule has 0 saturated heterocycles. The van der Waals surface area contributed by atoms with Crippen LogP contribution in [0.2, 0.25) is 0 Å². The van der Waals surface area contributed by atoms with Gasteiger partial charge in [-0.05, 0) is 54.8 Å². The van der Waals surface area contributed by atoms with Gasteiger partial charge in [0.05, 0.1) is 12.3 Å². The summed E-state index contributed by atoms with van der Waals surface area (Å²) in [5, 5.41) is 8.33. The van der Waals surface area contributed by atoms with Gasteiger partial charge in [0.2, 0.25) is 0 Å². The second-order valence-electron chi connectivity index (χ2n) is 8.11. The van der Waals surface area contributed by atoms with Gasteiger partial charge in [0.25, 0.3) is 0 Å². The van der Waals surface area contributed by atoms with Gasteiger partial charge in [-0.25, -0.2) is 4.98 Å². The molecule has 3 rings (SSSR count). The van der Waals surface area contributed by atoms with E-state index in [9.17, 15) is 0 Å². The molecule has 0 unspecified atom stereocenters. The first kappa shape index (κ1) is 26.0. The van der Waals surface area contributed by atoms with Crippen LogP contribution in [0.4, 0.5) is 10.8 Å². The van der Waals surface area contributed by atoms with E-state index in [1.165, 1.54) is 32.1 Å². The van der Waals surface area contributed by atoms with Crippen molar-refractivity contribution in [1.82, 2.24) is 4.98 Å². The largest absolute Gasteiger partial charge is 0.494 e. The standard InChI is InChI=1S/C28H35N3OS2/c1-4-5-6-7-8-12-19-32-25-17-15-24(16-18-25)30-28-31-27(21-34-28)26(20-33-3)29-22(2)23-13-10-9-11-14-23/h9-11,13-18,20-21H,4-8,12,19H2,1-3H3,(H,30,31)/b26-20-,29-22?. The van der Waals surface area contributed by atoms with Crippen molar-refractivity contribution in [3.05, 3.63) is 76.6 Å². The maximum absolute atomic E-state index is 5.89. The van der Waals surface area contributed by atoms with E-state index in [4.69, 9.17) is 14.7 Å². The highest BCUT2D eigenvalue weighted by Gasteiger charge is 2.09. The number of nitrogens with one attached hydrogen (secondary N) is 1. The van der Waals surface area contributed by atoms with Crippen molar-refractivity contribution in [2.45, 2.75) is 52.4 Å². The number of benzene rings is 2. The van der Waals surface area contributed by atoms with Crippen LogP contribution in [0.25, 0.3) is 5.70 Å². The minimum atomic E-state index is 0.780. The smallest absolute Gasteiger partial charge is 0.187 e. The van der Waals surface area contributed by atoms with Crippen LogP contribution in [0.1, 0.15) is 63.6 Å². The van der Waals surface area contributed by atoms with E-state index in [-0.39, 0.29) is 0 Å². The van der Waals surface area contributed by atoms with Crippen LogP contribution in [0.3, 0.4) is 0 Å². The molecular formula is C28H35N3OS2. The first-order valence-corrected chi connectivity index (χ1v) is 14.2. The monoisotopic (exact) mass is 493 g/mol. The molecule has 34 heavy (non-hydrogen) atoms. The summed E-state index contributed by atoms with van der Waals surface area (Å²) in [5.41, 5.74) is 4.82. The summed E-state index contributed by atoms with van der Waals surface area (Å²) in [6.07, 6.45) is 9.67. The lowest BCUT2D eigenvalue weighted by Gasteiger charge is -2.08. The minimum Gasteiger partial charge on any atom is -0.494 e. The summed E-state index contributed by atoms with van der Waals surface area (Å²) < 4.78 is 5.89. The van der Waals surface area contributed by atoms with Gasteiger partial charge in [-0.2, -0.15) is 0 Å². The maximum Gasteiger partial charge on any atom is 0.187 e. The van der Waals surface area contributed by atoms with Crippen molar-refractivity contribution >= 4 is 45.3 Å². The number of rotatable bonds is 14. The Hall–Kier alpha value is -2.57. The van der Waals surface area contributed by atoms with E-state index in [2.05, 4.69) is 24.4 Å². The lowest BCUT2D eigenvalue weighted by Crippen LogP contribution is -1.97. The molecule has 0 spiro atoms. The first-order chi connectivity index (χ1) is 16.7. The molecule has 6 heteroatoms. The Labute approximate surface area is 212 Å². The molecule has 0 atom stereocenters. The highest BCUT2D eigenvalue weighted by atomic mass is 32.2. The normalized spacial score (nSPS) is 12.1. The summed E-state index contributed by atoms with van der Waals surface area (Å²) in [4.78, 5) is 9.62. The maximum atomic E-state index is 5.89. The average Bonchev–Trinajstić information content (AvgIpc) is 3.33. The first-order valence-electron chi connectivity index (χ1n) is 12.0. The number of aliphatic imine (C=N–C) groups is 1. The molecule has 3 aromatic rings. The fraction of sp³-hybridized carbons (Fsp3) is 0.357. The summed E-state index contributed by atoms with van der Waals surface area (Å²) in [6, 6.07) is 18.3. The zero-order valence-corrected chi connectivity index (χ0v) is 22.1. The number of nitrogens with zero attached hydrogens (tertiary/aromatic N) is 2. The van der Waals surface area contributed by atoms with Gasteiger partial charge in [0.1, 0.15) is 11.4 Å².